The molecule has 0 saturated heterocycles. The van der Waals surface area contributed by atoms with Gasteiger partial charge in [-0.1, -0.05) is 29.5 Å². The molecule has 0 bridgehead atoms. The lowest BCUT2D eigenvalue weighted by Crippen LogP contribution is -2.33. The number of anilines is 1. The van der Waals surface area contributed by atoms with Gasteiger partial charge in [0, 0.05) is 12.1 Å². The second-order valence-corrected chi connectivity index (χ2v) is 9.23. The summed E-state index contributed by atoms with van der Waals surface area (Å²) in [7, 11) is 4.13. The molecule has 4 nitrogen and oxygen atoms in total. The number of thiazole rings is 1. The number of hydrogen-bond donors (Lipinski definition) is 0. The van der Waals surface area contributed by atoms with Gasteiger partial charge in [0.05, 0.1) is 10.2 Å². The lowest BCUT2D eigenvalue weighted by Gasteiger charge is -2.22. The van der Waals surface area contributed by atoms with E-state index < -0.39 is 0 Å². The number of benzene rings is 2. The molecule has 4 rings (SSSR count). The van der Waals surface area contributed by atoms with Gasteiger partial charge in [-0.15, -0.1) is 0 Å². The minimum absolute atomic E-state index is 0.0637. The van der Waals surface area contributed by atoms with E-state index in [0.29, 0.717) is 6.54 Å². The third kappa shape index (κ3) is 4.36. The van der Waals surface area contributed by atoms with Gasteiger partial charge in [0.25, 0.3) is 5.91 Å². The fourth-order valence-electron chi connectivity index (χ4n) is 4.04. The molecule has 1 amide bonds. The Morgan fingerprint density at radius 1 is 1.07 bits per heavy atom. The molecule has 1 aliphatic rings. The molecule has 0 aliphatic heterocycles. The number of amides is 1. The smallest absolute Gasteiger partial charge is 0.260 e. The molecular weight excluding hydrogens is 378 g/mol. The molecule has 0 unspecified atom stereocenters. The normalized spacial score (nSPS) is 13.7. The maximum atomic E-state index is 13.5. The minimum Gasteiger partial charge on any atom is -0.309 e. The summed E-state index contributed by atoms with van der Waals surface area (Å²) in [5.74, 6) is 0.0637. The Morgan fingerprint density at radius 2 is 1.86 bits per heavy atom. The van der Waals surface area contributed by atoms with E-state index in [9.17, 15) is 4.79 Å². The van der Waals surface area contributed by atoms with Crippen molar-refractivity contribution in [1.82, 2.24) is 9.88 Å². The summed E-state index contributed by atoms with van der Waals surface area (Å²) >= 11 is 1.61. The largest absolute Gasteiger partial charge is 0.309 e. The van der Waals surface area contributed by atoms with Gasteiger partial charge in [0.1, 0.15) is 0 Å². The van der Waals surface area contributed by atoms with Crippen LogP contribution in [0, 0.1) is 6.92 Å². The molecule has 1 aromatic heterocycles. The Balaban J connectivity index is 1.67. The standard InChI is InChI=1S/C24H29N3OS/c1-17-8-6-11-21-22(17)25-24(29-21)27(15-7-14-26(2)3)23(28)20-13-12-18-9-4-5-10-19(18)16-20/h6,8,11-13,16H,4-5,7,9-10,14-15H2,1-3H3. The van der Waals surface area contributed by atoms with E-state index in [1.54, 1.807) is 11.3 Å². The first kappa shape index (κ1) is 20.0. The van der Waals surface area contributed by atoms with Gasteiger partial charge in [0.15, 0.2) is 5.13 Å². The third-order valence-corrected chi connectivity index (χ3v) is 6.71. The first-order valence-corrected chi connectivity index (χ1v) is 11.3. The minimum atomic E-state index is 0.0637. The molecule has 1 heterocycles. The van der Waals surface area contributed by atoms with Crippen molar-refractivity contribution in [2.24, 2.45) is 0 Å². The van der Waals surface area contributed by atoms with Gasteiger partial charge >= 0.3 is 0 Å². The van der Waals surface area contributed by atoms with Crippen molar-refractivity contribution in [1.29, 1.82) is 0 Å². The molecule has 0 saturated carbocycles. The Kier molecular flexibility index (Phi) is 5.97. The average molecular weight is 408 g/mol. The zero-order chi connectivity index (χ0) is 20.4. The van der Waals surface area contributed by atoms with Gasteiger partial charge in [-0.3, -0.25) is 9.69 Å². The van der Waals surface area contributed by atoms with E-state index in [2.05, 4.69) is 56.3 Å². The number of hydrogen-bond acceptors (Lipinski definition) is 4. The van der Waals surface area contributed by atoms with E-state index in [1.807, 2.05) is 11.0 Å². The average Bonchev–Trinajstić information content (AvgIpc) is 3.15. The summed E-state index contributed by atoms with van der Waals surface area (Å²) in [5.41, 5.74) is 5.69. The van der Waals surface area contributed by atoms with Crippen LogP contribution >= 0.6 is 11.3 Å². The van der Waals surface area contributed by atoms with Crippen LogP contribution in [-0.2, 0) is 12.8 Å². The summed E-state index contributed by atoms with van der Waals surface area (Å²) in [5, 5.41) is 0.802. The highest BCUT2D eigenvalue weighted by Gasteiger charge is 2.23. The quantitative estimate of drug-likeness (QED) is 0.572. The van der Waals surface area contributed by atoms with E-state index in [-0.39, 0.29) is 5.91 Å². The Bertz CT molecular complexity index is 1020. The number of aromatic nitrogens is 1. The van der Waals surface area contributed by atoms with Crippen molar-refractivity contribution >= 4 is 32.6 Å². The summed E-state index contributed by atoms with van der Waals surface area (Å²) in [4.78, 5) is 22.4. The van der Waals surface area contributed by atoms with Crippen LogP contribution < -0.4 is 4.90 Å². The molecule has 3 aromatic rings. The van der Waals surface area contributed by atoms with Crippen LogP contribution in [0.2, 0.25) is 0 Å². The molecule has 0 N–H and O–H groups in total. The lowest BCUT2D eigenvalue weighted by atomic mass is 9.90. The molecule has 0 fully saturated rings. The highest BCUT2D eigenvalue weighted by molar-refractivity contribution is 7.22. The molecule has 2 aromatic carbocycles. The van der Waals surface area contributed by atoms with Gasteiger partial charge in [0.2, 0.25) is 0 Å². The summed E-state index contributed by atoms with van der Waals surface area (Å²) in [6.07, 6.45) is 5.60. The molecule has 0 atom stereocenters. The first-order chi connectivity index (χ1) is 14.0. The van der Waals surface area contributed by atoms with Crippen LogP contribution in [0.15, 0.2) is 36.4 Å². The predicted octanol–water partition coefficient (Wildman–Crippen LogP) is 5.08. The number of fused-ring (bicyclic) bond motifs is 2. The summed E-state index contributed by atoms with van der Waals surface area (Å²) < 4.78 is 1.14. The van der Waals surface area contributed by atoms with Crippen molar-refractivity contribution in [3.8, 4) is 0 Å². The molecular formula is C24H29N3OS. The van der Waals surface area contributed by atoms with E-state index >= 15 is 0 Å². The van der Waals surface area contributed by atoms with Gasteiger partial charge in [-0.2, -0.15) is 0 Å². The number of carbonyl (C=O) groups excluding carboxylic acids is 1. The van der Waals surface area contributed by atoms with Crippen LogP contribution in [0.4, 0.5) is 5.13 Å². The number of rotatable bonds is 6. The third-order valence-electron chi connectivity index (χ3n) is 5.67. The zero-order valence-electron chi connectivity index (χ0n) is 17.6. The van der Waals surface area contributed by atoms with Crippen LogP contribution in [0.3, 0.4) is 0 Å². The maximum Gasteiger partial charge on any atom is 0.260 e. The van der Waals surface area contributed by atoms with Crippen molar-refractivity contribution in [2.75, 3.05) is 32.1 Å². The second-order valence-electron chi connectivity index (χ2n) is 8.22. The monoisotopic (exact) mass is 407 g/mol. The molecule has 0 spiro atoms. The van der Waals surface area contributed by atoms with Crippen LogP contribution in [0.25, 0.3) is 10.2 Å². The van der Waals surface area contributed by atoms with Crippen LogP contribution in [0.5, 0.6) is 0 Å². The second kappa shape index (κ2) is 8.64. The fraction of sp³-hybridized carbons (Fsp3) is 0.417. The molecule has 29 heavy (non-hydrogen) atoms. The topological polar surface area (TPSA) is 36.4 Å². The Labute approximate surface area is 177 Å². The van der Waals surface area contributed by atoms with Crippen molar-refractivity contribution in [3.63, 3.8) is 0 Å². The number of para-hydroxylation sites is 1. The van der Waals surface area contributed by atoms with E-state index in [4.69, 9.17) is 4.98 Å². The van der Waals surface area contributed by atoms with Gasteiger partial charge in [-0.25, -0.2) is 4.98 Å². The molecule has 0 radical (unpaired) electrons. The molecule has 5 heteroatoms. The Morgan fingerprint density at radius 3 is 2.62 bits per heavy atom. The van der Waals surface area contributed by atoms with Gasteiger partial charge < -0.3 is 4.90 Å². The van der Waals surface area contributed by atoms with Crippen LogP contribution in [0.1, 0.15) is 46.3 Å². The van der Waals surface area contributed by atoms with Crippen molar-refractivity contribution in [3.05, 3.63) is 58.7 Å². The first-order valence-electron chi connectivity index (χ1n) is 10.5. The van der Waals surface area contributed by atoms with E-state index in [0.717, 1.165) is 52.3 Å². The zero-order valence-corrected chi connectivity index (χ0v) is 18.4. The summed E-state index contributed by atoms with van der Waals surface area (Å²) in [6, 6.07) is 12.5. The highest BCUT2D eigenvalue weighted by atomic mass is 32.1. The molecule has 152 valence electrons. The number of carbonyl (C=O) groups is 1. The number of aryl methyl sites for hydroxylation is 3. The Hall–Kier alpha value is -2.24. The highest BCUT2D eigenvalue weighted by Crippen LogP contribution is 2.32. The molecule has 1 aliphatic carbocycles. The summed E-state index contributed by atoms with van der Waals surface area (Å²) in [6.45, 7) is 3.69. The fourth-order valence-corrected chi connectivity index (χ4v) is 5.11. The number of nitrogens with zero attached hydrogens (tertiary/aromatic N) is 3. The van der Waals surface area contributed by atoms with Crippen LogP contribution in [-0.4, -0.2) is 43.0 Å². The van der Waals surface area contributed by atoms with Gasteiger partial charge in [-0.05, 0) is 94.6 Å². The maximum absolute atomic E-state index is 13.5. The SMILES string of the molecule is Cc1cccc2sc(N(CCCN(C)C)C(=O)c3ccc4c(c3)CCCC4)nc12. The van der Waals surface area contributed by atoms with Crippen molar-refractivity contribution in [2.45, 2.75) is 39.0 Å². The lowest BCUT2D eigenvalue weighted by molar-refractivity contribution is 0.0986. The van der Waals surface area contributed by atoms with E-state index in [1.165, 1.54) is 24.0 Å². The predicted molar refractivity (Wildman–Crippen MR) is 122 cm³/mol. The van der Waals surface area contributed by atoms with Crippen molar-refractivity contribution < 1.29 is 4.79 Å².